The molecule has 0 amide bonds. The highest BCUT2D eigenvalue weighted by atomic mass is 31.1. The summed E-state index contributed by atoms with van der Waals surface area (Å²) in [5.74, 6) is 0.365. The van der Waals surface area contributed by atoms with Gasteiger partial charge in [-0.15, -0.1) is 4.52 Å². The van der Waals surface area contributed by atoms with Gasteiger partial charge in [0.25, 0.3) is 0 Å². The molecule has 0 aliphatic heterocycles. The lowest BCUT2D eigenvalue weighted by molar-refractivity contribution is 0.287. The number of aliphatic hydroxyl groups is 1. The van der Waals surface area contributed by atoms with Gasteiger partial charge in [0.1, 0.15) is 6.61 Å². The van der Waals surface area contributed by atoms with Gasteiger partial charge in [-0.1, -0.05) is 32.0 Å². The monoisotopic (exact) mass is 241 g/mol. The zero-order valence-electron chi connectivity index (χ0n) is 9.72. The Morgan fingerprint density at radius 3 is 2.69 bits per heavy atom. The summed E-state index contributed by atoms with van der Waals surface area (Å²) in [6.45, 7) is 4.58. The van der Waals surface area contributed by atoms with Crippen molar-refractivity contribution in [1.29, 1.82) is 0 Å². The Morgan fingerprint density at radius 1 is 1.38 bits per heavy atom. The summed E-state index contributed by atoms with van der Waals surface area (Å²) < 4.78 is 17.2. The molecule has 1 atom stereocenters. The number of rotatable bonds is 6. The third-order valence-electron chi connectivity index (χ3n) is 2.09. The van der Waals surface area contributed by atoms with Crippen molar-refractivity contribution in [3.8, 4) is 0 Å². The molecule has 1 aromatic carbocycles. The molecule has 0 saturated heterocycles. The molecule has 0 aliphatic carbocycles. The van der Waals surface area contributed by atoms with Crippen molar-refractivity contribution >= 4 is 13.3 Å². The number of hydrogen-bond donors (Lipinski definition) is 1. The fourth-order valence-electron chi connectivity index (χ4n) is 1.31. The first-order valence-electron chi connectivity index (χ1n) is 5.44. The van der Waals surface area contributed by atoms with E-state index >= 15 is 0 Å². The summed E-state index contributed by atoms with van der Waals surface area (Å²) in [7, 11) is -1.80. The van der Waals surface area contributed by atoms with Crippen LogP contribution in [-0.4, -0.2) is 18.3 Å². The molecule has 0 fully saturated rings. The largest absolute Gasteiger partial charge is 0.549 e. The molecular formula is C12H18O3P+. The quantitative estimate of drug-likeness (QED) is 0.777. The van der Waals surface area contributed by atoms with Crippen molar-refractivity contribution in [1.82, 2.24) is 0 Å². The Kier molecular flexibility index (Phi) is 5.61. The topological polar surface area (TPSA) is 46.5 Å². The van der Waals surface area contributed by atoms with Gasteiger partial charge in [0, 0.05) is 18.6 Å². The van der Waals surface area contributed by atoms with E-state index in [9.17, 15) is 4.57 Å². The molecule has 4 heteroatoms. The maximum absolute atomic E-state index is 11.9. The van der Waals surface area contributed by atoms with Crippen molar-refractivity contribution in [3.63, 3.8) is 0 Å². The second-order valence-electron chi connectivity index (χ2n) is 4.05. The molecule has 88 valence electrons. The van der Waals surface area contributed by atoms with Crippen LogP contribution in [0.1, 0.15) is 19.4 Å². The van der Waals surface area contributed by atoms with Gasteiger partial charge in [0.2, 0.25) is 5.30 Å². The van der Waals surface area contributed by atoms with Crippen molar-refractivity contribution in [2.75, 3.05) is 13.2 Å². The standard InChI is InChI=1S/C12H18O3P/c1-10(2)9-15-16(14)12-6-4-3-5-11(12)7-8-13/h3-6,10,13H,7-9H2,1-2H3/q+1. The molecule has 1 unspecified atom stereocenters. The minimum Gasteiger partial charge on any atom is -0.396 e. The van der Waals surface area contributed by atoms with Gasteiger partial charge in [0.05, 0.1) is 0 Å². The molecule has 1 N–H and O–H groups in total. The average Bonchev–Trinajstić information content (AvgIpc) is 2.27. The van der Waals surface area contributed by atoms with Gasteiger partial charge < -0.3 is 5.11 Å². The van der Waals surface area contributed by atoms with E-state index in [1.807, 2.05) is 32.0 Å². The zero-order valence-corrected chi connectivity index (χ0v) is 10.6. The highest BCUT2D eigenvalue weighted by molar-refractivity contribution is 7.48. The Balaban J connectivity index is 2.73. The third kappa shape index (κ3) is 4.01. The average molecular weight is 241 g/mol. The second-order valence-corrected chi connectivity index (χ2v) is 5.30. The van der Waals surface area contributed by atoms with Crippen molar-refractivity contribution in [2.24, 2.45) is 5.92 Å². The first-order chi connectivity index (χ1) is 7.65. The van der Waals surface area contributed by atoms with E-state index in [0.717, 1.165) is 5.56 Å². The summed E-state index contributed by atoms with van der Waals surface area (Å²) in [5, 5.41) is 9.61. The van der Waals surface area contributed by atoms with Crippen LogP contribution in [0.5, 0.6) is 0 Å². The maximum Gasteiger partial charge on any atom is 0.549 e. The fraction of sp³-hybridized carbons (Fsp3) is 0.500. The van der Waals surface area contributed by atoms with Gasteiger partial charge in [-0.3, -0.25) is 0 Å². The van der Waals surface area contributed by atoms with Crippen LogP contribution in [0, 0.1) is 5.92 Å². The molecule has 0 saturated carbocycles. The van der Waals surface area contributed by atoms with Crippen LogP contribution in [0.25, 0.3) is 0 Å². The smallest absolute Gasteiger partial charge is 0.396 e. The molecule has 0 bridgehead atoms. The third-order valence-corrected chi connectivity index (χ3v) is 3.31. The van der Waals surface area contributed by atoms with Crippen LogP contribution >= 0.6 is 8.03 Å². The minimum absolute atomic E-state index is 0.0599. The molecule has 3 nitrogen and oxygen atoms in total. The van der Waals surface area contributed by atoms with Crippen molar-refractivity contribution in [2.45, 2.75) is 20.3 Å². The Morgan fingerprint density at radius 2 is 2.06 bits per heavy atom. The lowest BCUT2D eigenvalue weighted by atomic mass is 10.2. The van der Waals surface area contributed by atoms with Gasteiger partial charge >= 0.3 is 8.03 Å². The van der Waals surface area contributed by atoms with E-state index in [2.05, 4.69) is 0 Å². The summed E-state index contributed by atoms with van der Waals surface area (Å²) in [6.07, 6.45) is 0.516. The molecule has 0 aromatic heterocycles. The minimum atomic E-state index is -1.80. The van der Waals surface area contributed by atoms with Crippen LogP contribution in [0.2, 0.25) is 0 Å². The Bertz CT molecular complexity index is 350. The predicted molar refractivity (Wildman–Crippen MR) is 65.3 cm³/mol. The Hall–Kier alpha value is -0.760. The fourth-order valence-corrected chi connectivity index (χ4v) is 2.51. The second kappa shape index (κ2) is 6.74. The summed E-state index contributed by atoms with van der Waals surface area (Å²) >= 11 is 0. The summed E-state index contributed by atoms with van der Waals surface area (Å²) in [6, 6.07) is 7.38. The first-order valence-corrected chi connectivity index (χ1v) is 6.62. The first kappa shape index (κ1) is 13.3. The van der Waals surface area contributed by atoms with Crippen LogP contribution < -0.4 is 5.30 Å². The van der Waals surface area contributed by atoms with E-state index in [1.54, 1.807) is 6.07 Å². The molecule has 16 heavy (non-hydrogen) atoms. The van der Waals surface area contributed by atoms with Gasteiger partial charge in [-0.2, -0.15) is 0 Å². The lowest BCUT2D eigenvalue weighted by Gasteiger charge is -2.00. The van der Waals surface area contributed by atoms with Gasteiger partial charge in [0.15, 0.2) is 0 Å². The van der Waals surface area contributed by atoms with Gasteiger partial charge in [-0.25, -0.2) is 0 Å². The highest BCUT2D eigenvalue weighted by Crippen LogP contribution is 2.24. The molecule has 0 heterocycles. The number of aliphatic hydroxyl groups excluding tert-OH is 1. The normalized spacial score (nSPS) is 11.9. The van der Waals surface area contributed by atoms with Gasteiger partial charge in [-0.05, 0) is 16.5 Å². The predicted octanol–water partition coefficient (Wildman–Crippen LogP) is 2.26. The van der Waals surface area contributed by atoms with Crippen LogP contribution in [0.4, 0.5) is 0 Å². The molecule has 0 radical (unpaired) electrons. The number of hydrogen-bond acceptors (Lipinski definition) is 3. The van der Waals surface area contributed by atoms with Crippen molar-refractivity contribution < 1.29 is 14.2 Å². The van der Waals surface area contributed by atoms with Crippen LogP contribution in [-0.2, 0) is 15.5 Å². The zero-order chi connectivity index (χ0) is 12.0. The van der Waals surface area contributed by atoms with Crippen LogP contribution in [0.15, 0.2) is 24.3 Å². The molecule has 1 aromatic rings. The Labute approximate surface area is 97.3 Å². The molecule has 0 spiro atoms. The SMILES string of the molecule is CC(C)CO[P+](=O)c1ccccc1CCO. The van der Waals surface area contributed by atoms with Crippen molar-refractivity contribution in [3.05, 3.63) is 29.8 Å². The lowest BCUT2D eigenvalue weighted by Crippen LogP contribution is -2.09. The maximum atomic E-state index is 11.9. The van der Waals surface area contributed by atoms with E-state index in [1.165, 1.54) is 0 Å². The summed E-state index contributed by atoms with van der Waals surface area (Å²) in [5.41, 5.74) is 0.898. The van der Waals surface area contributed by atoms with E-state index in [-0.39, 0.29) is 6.61 Å². The molecular weight excluding hydrogens is 223 g/mol. The molecule has 1 rings (SSSR count). The van der Waals surface area contributed by atoms with E-state index in [0.29, 0.717) is 24.3 Å². The number of benzene rings is 1. The van der Waals surface area contributed by atoms with E-state index in [4.69, 9.17) is 9.63 Å². The van der Waals surface area contributed by atoms with E-state index < -0.39 is 8.03 Å². The summed E-state index contributed by atoms with van der Waals surface area (Å²) in [4.78, 5) is 0. The van der Waals surface area contributed by atoms with Crippen LogP contribution in [0.3, 0.4) is 0 Å². The highest BCUT2D eigenvalue weighted by Gasteiger charge is 2.25. The molecule has 0 aliphatic rings.